The van der Waals surface area contributed by atoms with E-state index in [2.05, 4.69) is 14.9 Å². The first kappa shape index (κ1) is 12.0. The fraction of sp³-hybridized carbons (Fsp3) is 0.462. The van der Waals surface area contributed by atoms with Crippen LogP contribution in [-0.4, -0.2) is 33.5 Å². The highest BCUT2D eigenvalue weighted by Gasteiger charge is 2.25. The van der Waals surface area contributed by atoms with Gasteiger partial charge in [0, 0.05) is 32.3 Å². The van der Waals surface area contributed by atoms with Crippen LogP contribution in [0.5, 0.6) is 0 Å². The van der Waals surface area contributed by atoms with Crippen molar-refractivity contribution in [2.24, 2.45) is 18.7 Å². The molecule has 0 spiro atoms. The van der Waals surface area contributed by atoms with E-state index in [-0.39, 0.29) is 11.8 Å². The molecule has 0 atom stereocenters. The van der Waals surface area contributed by atoms with Crippen molar-refractivity contribution in [1.29, 1.82) is 0 Å². The van der Waals surface area contributed by atoms with E-state index in [9.17, 15) is 4.79 Å². The molecule has 0 aliphatic carbocycles. The molecule has 19 heavy (non-hydrogen) atoms. The largest absolute Gasteiger partial charge is 0.369 e. The maximum atomic E-state index is 11.2. The van der Waals surface area contributed by atoms with Crippen LogP contribution < -0.4 is 10.6 Å². The van der Waals surface area contributed by atoms with Gasteiger partial charge < -0.3 is 15.2 Å². The van der Waals surface area contributed by atoms with E-state index in [1.54, 1.807) is 6.33 Å². The highest BCUT2D eigenvalue weighted by molar-refractivity contribution is 5.88. The zero-order chi connectivity index (χ0) is 13.4. The van der Waals surface area contributed by atoms with Crippen molar-refractivity contribution in [1.82, 2.24) is 14.5 Å². The SMILES string of the molecule is Cn1ccc2c(N3CCC(C(N)=O)CC3)ncnc21. The zero-order valence-electron chi connectivity index (χ0n) is 10.9. The molecule has 2 aromatic heterocycles. The predicted molar refractivity (Wildman–Crippen MR) is 72.6 cm³/mol. The number of aryl methyl sites for hydroxylation is 1. The Morgan fingerprint density at radius 2 is 2.11 bits per heavy atom. The molecule has 2 N–H and O–H groups in total. The second-order valence-corrected chi connectivity index (χ2v) is 5.02. The van der Waals surface area contributed by atoms with E-state index in [4.69, 9.17) is 5.73 Å². The average molecular weight is 259 g/mol. The summed E-state index contributed by atoms with van der Waals surface area (Å²) in [6.45, 7) is 1.63. The second kappa shape index (κ2) is 4.53. The van der Waals surface area contributed by atoms with Crippen molar-refractivity contribution in [3.8, 4) is 0 Å². The number of fused-ring (bicyclic) bond motifs is 1. The van der Waals surface area contributed by atoms with E-state index >= 15 is 0 Å². The predicted octanol–water partition coefficient (Wildman–Crippen LogP) is 0.670. The van der Waals surface area contributed by atoms with Crippen molar-refractivity contribution in [2.45, 2.75) is 12.8 Å². The van der Waals surface area contributed by atoms with Crippen LogP contribution in [0.2, 0.25) is 0 Å². The van der Waals surface area contributed by atoms with Crippen molar-refractivity contribution in [3.05, 3.63) is 18.6 Å². The standard InChI is InChI=1S/C13H17N5O/c1-17-5-4-10-12(17)15-8-16-13(10)18-6-2-9(3-7-18)11(14)19/h4-5,8-9H,2-3,6-7H2,1H3,(H2,14,19). The molecule has 1 amide bonds. The third-order valence-corrected chi connectivity index (χ3v) is 3.84. The molecule has 1 aliphatic heterocycles. The molecule has 3 rings (SSSR count). The summed E-state index contributed by atoms with van der Waals surface area (Å²) in [4.78, 5) is 22.1. The maximum Gasteiger partial charge on any atom is 0.220 e. The zero-order valence-corrected chi connectivity index (χ0v) is 10.9. The van der Waals surface area contributed by atoms with Gasteiger partial charge in [0.1, 0.15) is 17.8 Å². The summed E-state index contributed by atoms with van der Waals surface area (Å²) in [5, 5.41) is 1.06. The summed E-state index contributed by atoms with van der Waals surface area (Å²) in [5.74, 6) is 0.769. The number of hydrogen-bond acceptors (Lipinski definition) is 4. The summed E-state index contributed by atoms with van der Waals surface area (Å²) in [7, 11) is 1.97. The Kier molecular flexibility index (Phi) is 2.85. The number of piperidine rings is 1. The van der Waals surface area contributed by atoms with Gasteiger partial charge in [-0.15, -0.1) is 0 Å². The van der Waals surface area contributed by atoms with Gasteiger partial charge in [0.05, 0.1) is 5.39 Å². The van der Waals surface area contributed by atoms with Gasteiger partial charge in [0.15, 0.2) is 0 Å². The van der Waals surface area contributed by atoms with Gasteiger partial charge in [-0.1, -0.05) is 0 Å². The maximum absolute atomic E-state index is 11.2. The number of primary amides is 1. The lowest BCUT2D eigenvalue weighted by Crippen LogP contribution is -2.39. The molecule has 0 unspecified atom stereocenters. The van der Waals surface area contributed by atoms with E-state index in [1.807, 2.05) is 23.9 Å². The number of amides is 1. The molecule has 1 aliphatic rings. The van der Waals surface area contributed by atoms with Crippen LogP contribution in [0, 0.1) is 5.92 Å². The summed E-state index contributed by atoms with van der Waals surface area (Å²) in [6, 6.07) is 2.03. The summed E-state index contributed by atoms with van der Waals surface area (Å²) < 4.78 is 1.98. The lowest BCUT2D eigenvalue weighted by atomic mass is 9.96. The topological polar surface area (TPSA) is 77.0 Å². The number of nitrogens with zero attached hydrogens (tertiary/aromatic N) is 4. The van der Waals surface area contributed by atoms with Gasteiger partial charge in [0.25, 0.3) is 0 Å². The first-order chi connectivity index (χ1) is 9.16. The Labute approximate surface area is 111 Å². The summed E-state index contributed by atoms with van der Waals surface area (Å²) >= 11 is 0. The molecule has 0 saturated carbocycles. The van der Waals surface area contributed by atoms with Crippen LogP contribution in [-0.2, 0) is 11.8 Å². The minimum atomic E-state index is -0.188. The normalized spacial score (nSPS) is 17.0. The van der Waals surface area contributed by atoms with Gasteiger partial charge in [-0.3, -0.25) is 4.79 Å². The van der Waals surface area contributed by atoms with Crippen LogP contribution in [0.4, 0.5) is 5.82 Å². The molecular weight excluding hydrogens is 242 g/mol. The molecule has 6 heteroatoms. The molecular formula is C13H17N5O. The number of carbonyl (C=O) groups excluding carboxylic acids is 1. The Hall–Kier alpha value is -2.11. The number of aromatic nitrogens is 3. The third kappa shape index (κ3) is 2.03. The fourth-order valence-electron chi connectivity index (χ4n) is 2.69. The smallest absolute Gasteiger partial charge is 0.220 e. The second-order valence-electron chi connectivity index (χ2n) is 5.02. The van der Waals surface area contributed by atoms with Crippen LogP contribution in [0.25, 0.3) is 11.0 Å². The average Bonchev–Trinajstić information content (AvgIpc) is 2.81. The Balaban J connectivity index is 1.88. The first-order valence-corrected chi connectivity index (χ1v) is 6.47. The molecule has 3 heterocycles. The number of rotatable bonds is 2. The van der Waals surface area contributed by atoms with Crippen molar-refractivity contribution >= 4 is 22.8 Å². The lowest BCUT2D eigenvalue weighted by molar-refractivity contribution is -0.122. The van der Waals surface area contributed by atoms with E-state index in [0.717, 1.165) is 42.8 Å². The molecule has 0 radical (unpaired) electrons. The summed E-state index contributed by atoms with van der Waals surface area (Å²) in [6.07, 6.45) is 5.18. The van der Waals surface area contributed by atoms with E-state index in [0.29, 0.717) is 0 Å². The minimum absolute atomic E-state index is 0.00403. The highest BCUT2D eigenvalue weighted by Crippen LogP contribution is 2.27. The van der Waals surface area contributed by atoms with Crippen molar-refractivity contribution in [3.63, 3.8) is 0 Å². The van der Waals surface area contributed by atoms with Crippen LogP contribution in [0.15, 0.2) is 18.6 Å². The molecule has 2 aromatic rings. The van der Waals surface area contributed by atoms with Crippen molar-refractivity contribution in [2.75, 3.05) is 18.0 Å². The molecule has 1 saturated heterocycles. The van der Waals surface area contributed by atoms with Crippen LogP contribution >= 0.6 is 0 Å². The highest BCUT2D eigenvalue weighted by atomic mass is 16.1. The molecule has 0 bridgehead atoms. The number of anilines is 1. The van der Waals surface area contributed by atoms with E-state index in [1.165, 1.54) is 0 Å². The van der Waals surface area contributed by atoms with Gasteiger partial charge in [-0.25, -0.2) is 9.97 Å². The number of carbonyl (C=O) groups is 1. The van der Waals surface area contributed by atoms with Crippen LogP contribution in [0.3, 0.4) is 0 Å². The lowest BCUT2D eigenvalue weighted by Gasteiger charge is -2.31. The van der Waals surface area contributed by atoms with Crippen LogP contribution in [0.1, 0.15) is 12.8 Å². The van der Waals surface area contributed by atoms with Gasteiger partial charge in [-0.2, -0.15) is 0 Å². The Bertz CT molecular complexity index is 613. The number of hydrogen-bond donors (Lipinski definition) is 1. The Morgan fingerprint density at radius 1 is 1.37 bits per heavy atom. The fourth-order valence-corrected chi connectivity index (χ4v) is 2.69. The van der Waals surface area contributed by atoms with E-state index < -0.39 is 0 Å². The molecule has 0 aromatic carbocycles. The van der Waals surface area contributed by atoms with Gasteiger partial charge in [0.2, 0.25) is 5.91 Å². The quantitative estimate of drug-likeness (QED) is 0.860. The van der Waals surface area contributed by atoms with Gasteiger partial charge >= 0.3 is 0 Å². The molecule has 6 nitrogen and oxygen atoms in total. The first-order valence-electron chi connectivity index (χ1n) is 6.47. The molecule has 100 valence electrons. The summed E-state index contributed by atoms with van der Waals surface area (Å²) in [5.41, 5.74) is 6.29. The van der Waals surface area contributed by atoms with Gasteiger partial charge in [-0.05, 0) is 18.9 Å². The third-order valence-electron chi connectivity index (χ3n) is 3.84. The van der Waals surface area contributed by atoms with Crippen molar-refractivity contribution < 1.29 is 4.79 Å². The Morgan fingerprint density at radius 3 is 2.79 bits per heavy atom. The monoisotopic (exact) mass is 259 g/mol. The molecule has 1 fully saturated rings. The number of nitrogens with two attached hydrogens (primary N) is 1. The minimum Gasteiger partial charge on any atom is -0.369 e.